The molecule has 0 aliphatic heterocycles. The predicted octanol–water partition coefficient (Wildman–Crippen LogP) is 4.32. The van der Waals surface area contributed by atoms with Crippen molar-refractivity contribution in [2.24, 2.45) is 0 Å². The molecule has 0 radical (unpaired) electrons. The zero-order valence-corrected chi connectivity index (χ0v) is 10.6. The number of benzene rings is 1. The lowest BCUT2D eigenvalue weighted by atomic mass is 10.1. The molecule has 0 unspecified atom stereocenters. The second-order valence-corrected chi connectivity index (χ2v) is 4.64. The van der Waals surface area contributed by atoms with E-state index in [1.54, 1.807) is 11.8 Å². The van der Waals surface area contributed by atoms with Gasteiger partial charge in [0.15, 0.2) is 0 Å². The number of alkyl halides is 2. The third-order valence-electron chi connectivity index (χ3n) is 2.02. The van der Waals surface area contributed by atoms with Gasteiger partial charge in [0.05, 0.1) is 0 Å². The van der Waals surface area contributed by atoms with E-state index in [1.165, 1.54) is 16.0 Å². The summed E-state index contributed by atoms with van der Waals surface area (Å²) in [5.41, 5.74) is 2.54. The number of rotatable bonds is 5. The highest BCUT2D eigenvalue weighted by molar-refractivity contribution is 7.98. The summed E-state index contributed by atoms with van der Waals surface area (Å²) >= 11 is 13.2. The van der Waals surface area contributed by atoms with Crippen LogP contribution in [0.3, 0.4) is 0 Å². The first-order valence-corrected chi connectivity index (χ1v) is 6.88. The maximum atomic E-state index is 5.83. The SMILES string of the molecule is CSc1cc(CCl)cc(CCCCl)c1. The lowest BCUT2D eigenvalue weighted by molar-refractivity contribution is 0.922. The number of hydrogen-bond acceptors (Lipinski definition) is 1. The summed E-state index contributed by atoms with van der Waals surface area (Å²) in [6.45, 7) is 0. The Morgan fingerprint density at radius 2 is 1.86 bits per heavy atom. The zero-order chi connectivity index (χ0) is 10.4. The Morgan fingerprint density at radius 3 is 2.43 bits per heavy atom. The zero-order valence-electron chi connectivity index (χ0n) is 8.22. The molecule has 0 saturated carbocycles. The summed E-state index contributed by atoms with van der Waals surface area (Å²) in [7, 11) is 0. The van der Waals surface area contributed by atoms with Crippen molar-refractivity contribution in [1.82, 2.24) is 0 Å². The van der Waals surface area contributed by atoms with Crippen LogP contribution in [0.5, 0.6) is 0 Å². The Labute approximate surface area is 100.0 Å². The molecule has 0 bridgehead atoms. The summed E-state index contributed by atoms with van der Waals surface area (Å²) in [5.74, 6) is 1.31. The highest BCUT2D eigenvalue weighted by Gasteiger charge is 1.99. The molecule has 0 spiro atoms. The van der Waals surface area contributed by atoms with E-state index in [-0.39, 0.29) is 0 Å². The smallest absolute Gasteiger partial charge is 0.0474 e. The van der Waals surface area contributed by atoms with Crippen LogP contribution in [0.1, 0.15) is 17.5 Å². The van der Waals surface area contributed by atoms with Crippen LogP contribution < -0.4 is 0 Å². The maximum Gasteiger partial charge on any atom is 0.0474 e. The van der Waals surface area contributed by atoms with Crippen LogP contribution in [0, 0.1) is 0 Å². The molecule has 0 atom stereocenters. The highest BCUT2D eigenvalue weighted by Crippen LogP contribution is 2.21. The summed E-state index contributed by atoms with van der Waals surface area (Å²) in [4.78, 5) is 1.28. The van der Waals surface area contributed by atoms with Gasteiger partial charge in [-0.25, -0.2) is 0 Å². The van der Waals surface area contributed by atoms with E-state index in [4.69, 9.17) is 23.2 Å². The Kier molecular flexibility index (Phi) is 5.76. The maximum absolute atomic E-state index is 5.83. The van der Waals surface area contributed by atoms with E-state index < -0.39 is 0 Å². The highest BCUT2D eigenvalue weighted by atomic mass is 35.5. The van der Waals surface area contributed by atoms with E-state index in [0.29, 0.717) is 5.88 Å². The molecule has 1 aromatic rings. The average Bonchev–Trinajstić information content (AvgIpc) is 2.25. The third-order valence-corrected chi connectivity index (χ3v) is 3.30. The number of hydrogen-bond donors (Lipinski definition) is 0. The topological polar surface area (TPSA) is 0 Å². The molecule has 0 aliphatic rings. The number of halogens is 2. The molecule has 0 nitrogen and oxygen atoms in total. The van der Waals surface area contributed by atoms with Crippen molar-refractivity contribution < 1.29 is 0 Å². The minimum absolute atomic E-state index is 0.586. The van der Waals surface area contributed by atoms with Gasteiger partial charge in [-0.3, -0.25) is 0 Å². The van der Waals surface area contributed by atoms with Crippen molar-refractivity contribution in [2.45, 2.75) is 23.6 Å². The summed E-state index contributed by atoms with van der Waals surface area (Å²) < 4.78 is 0. The molecule has 3 heteroatoms. The monoisotopic (exact) mass is 248 g/mol. The van der Waals surface area contributed by atoms with Crippen LogP contribution in [0.25, 0.3) is 0 Å². The van der Waals surface area contributed by atoms with Crippen molar-refractivity contribution >= 4 is 35.0 Å². The van der Waals surface area contributed by atoms with Crippen LogP contribution in [-0.4, -0.2) is 12.1 Å². The van der Waals surface area contributed by atoms with Gasteiger partial charge in [-0.15, -0.1) is 35.0 Å². The fourth-order valence-electron chi connectivity index (χ4n) is 1.34. The first-order chi connectivity index (χ1) is 6.80. The van der Waals surface area contributed by atoms with E-state index in [0.717, 1.165) is 18.7 Å². The van der Waals surface area contributed by atoms with Gasteiger partial charge in [0.2, 0.25) is 0 Å². The number of aryl methyl sites for hydroxylation is 1. The second kappa shape index (κ2) is 6.60. The summed E-state index contributed by atoms with van der Waals surface area (Å²) in [6, 6.07) is 6.52. The third kappa shape index (κ3) is 3.72. The molecular weight excluding hydrogens is 235 g/mol. The lowest BCUT2D eigenvalue weighted by Crippen LogP contribution is -1.90. The van der Waals surface area contributed by atoms with Gasteiger partial charge < -0.3 is 0 Å². The molecule has 0 fully saturated rings. The van der Waals surface area contributed by atoms with E-state index in [9.17, 15) is 0 Å². The molecule has 0 aliphatic carbocycles. The Bertz CT molecular complexity index is 264. The normalized spacial score (nSPS) is 10.5. The largest absolute Gasteiger partial charge is 0.130 e. The van der Waals surface area contributed by atoms with Crippen LogP contribution in [0.4, 0.5) is 0 Å². The molecule has 0 N–H and O–H groups in total. The molecule has 1 rings (SSSR count). The van der Waals surface area contributed by atoms with E-state index in [2.05, 4.69) is 24.5 Å². The van der Waals surface area contributed by atoms with Crippen LogP contribution in [-0.2, 0) is 12.3 Å². The van der Waals surface area contributed by atoms with Crippen molar-refractivity contribution in [1.29, 1.82) is 0 Å². The molecule has 0 aromatic heterocycles. The Morgan fingerprint density at radius 1 is 1.14 bits per heavy atom. The fraction of sp³-hybridized carbons (Fsp3) is 0.455. The molecule has 78 valence electrons. The average molecular weight is 249 g/mol. The van der Waals surface area contributed by atoms with Crippen LogP contribution in [0.15, 0.2) is 23.1 Å². The van der Waals surface area contributed by atoms with Crippen LogP contribution in [0.2, 0.25) is 0 Å². The second-order valence-electron chi connectivity index (χ2n) is 3.12. The molecule has 14 heavy (non-hydrogen) atoms. The van der Waals surface area contributed by atoms with Gasteiger partial charge in [0, 0.05) is 16.7 Å². The molecule has 0 heterocycles. The molecular formula is C11H14Cl2S. The molecule has 0 amide bonds. The Hall–Kier alpha value is 0.150. The lowest BCUT2D eigenvalue weighted by Gasteiger charge is -2.05. The van der Waals surface area contributed by atoms with Crippen molar-refractivity contribution in [3.63, 3.8) is 0 Å². The van der Waals surface area contributed by atoms with E-state index in [1.807, 2.05) is 0 Å². The van der Waals surface area contributed by atoms with Gasteiger partial charge >= 0.3 is 0 Å². The van der Waals surface area contributed by atoms with Crippen molar-refractivity contribution in [2.75, 3.05) is 12.1 Å². The molecule has 1 aromatic carbocycles. The Balaban J connectivity index is 2.81. The predicted molar refractivity (Wildman–Crippen MR) is 66.8 cm³/mol. The van der Waals surface area contributed by atoms with Crippen LogP contribution >= 0.6 is 35.0 Å². The van der Waals surface area contributed by atoms with E-state index >= 15 is 0 Å². The minimum atomic E-state index is 0.586. The van der Waals surface area contributed by atoms with Gasteiger partial charge in [-0.2, -0.15) is 0 Å². The standard InChI is InChI=1S/C11H14Cl2S/c1-14-11-6-9(3-2-4-12)5-10(7-11)8-13/h5-7H,2-4,8H2,1H3. The van der Waals surface area contributed by atoms with Gasteiger partial charge in [-0.05, 0) is 42.4 Å². The van der Waals surface area contributed by atoms with Gasteiger partial charge in [0.1, 0.15) is 0 Å². The van der Waals surface area contributed by atoms with Crippen molar-refractivity contribution in [3.8, 4) is 0 Å². The minimum Gasteiger partial charge on any atom is -0.130 e. The first-order valence-electron chi connectivity index (χ1n) is 4.59. The quantitative estimate of drug-likeness (QED) is 0.553. The summed E-state index contributed by atoms with van der Waals surface area (Å²) in [5, 5.41) is 0. The number of thioether (sulfide) groups is 1. The van der Waals surface area contributed by atoms with Crippen molar-refractivity contribution in [3.05, 3.63) is 29.3 Å². The van der Waals surface area contributed by atoms with Gasteiger partial charge in [-0.1, -0.05) is 6.07 Å². The summed E-state index contributed by atoms with van der Waals surface area (Å²) in [6.07, 6.45) is 4.15. The molecule has 0 saturated heterocycles. The fourth-order valence-corrected chi connectivity index (χ4v) is 2.17. The first kappa shape index (κ1) is 12.2. The van der Waals surface area contributed by atoms with Gasteiger partial charge in [0.25, 0.3) is 0 Å².